The lowest BCUT2D eigenvalue weighted by Crippen LogP contribution is -2.32. The van der Waals surface area contributed by atoms with Gasteiger partial charge in [-0.05, 0) is 35.7 Å². The van der Waals surface area contributed by atoms with Crippen LogP contribution in [0.2, 0.25) is 0 Å². The second-order valence-corrected chi connectivity index (χ2v) is 7.33. The molecular formula is C22H21F2N3O3. The number of hydrogen-bond donors (Lipinski definition) is 1. The van der Waals surface area contributed by atoms with Crippen LogP contribution < -0.4 is 10.3 Å². The molecule has 0 unspecified atom stereocenters. The van der Waals surface area contributed by atoms with Crippen LogP contribution in [0.25, 0.3) is 5.69 Å². The average Bonchev–Trinajstić information content (AvgIpc) is 2.67. The molecule has 1 amide bonds. The Morgan fingerprint density at radius 3 is 2.47 bits per heavy atom. The standard InChI is InChI=1S/C22H21F2N3O3/c1-14(2)13-26(22(29)30)18-5-3-4-15(8-18)9-20-21(28)6-7-27(25-20)19-11-16(23)10-17(24)12-19/h3-8,10-12,14H,9,13H2,1-2H3,(H,29,30). The molecule has 0 bridgehead atoms. The highest BCUT2D eigenvalue weighted by atomic mass is 19.1. The predicted octanol–water partition coefficient (Wildman–Crippen LogP) is 4.24. The van der Waals surface area contributed by atoms with E-state index in [1.807, 2.05) is 13.8 Å². The quantitative estimate of drug-likeness (QED) is 0.656. The third-order valence-corrected chi connectivity index (χ3v) is 4.36. The Kier molecular flexibility index (Phi) is 6.25. The SMILES string of the molecule is CC(C)CN(C(=O)O)c1cccc(Cc2nn(-c3cc(F)cc(F)c3)ccc2=O)c1. The number of aromatic nitrogens is 2. The summed E-state index contributed by atoms with van der Waals surface area (Å²) in [5.41, 5.74) is 1.18. The van der Waals surface area contributed by atoms with Crippen molar-refractivity contribution in [2.24, 2.45) is 5.92 Å². The van der Waals surface area contributed by atoms with E-state index in [1.165, 1.54) is 21.8 Å². The minimum atomic E-state index is -1.06. The highest BCUT2D eigenvalue weighted by Gasteiger charge is 2.16. The summed E-state index contributed by atoms with van der Waals surface area (Å²) in [6, 6.07) is 11.1. The number of carbonyl (C=O) groups is 1. The number of anilines is 1. The highest BCUT2D eigenvalue weighted by Crippen LogP contribution is 2.19. The normalized spacial score (nSPS) is 11.0. The molecule has 156 valence electrons. The number of rotatable bonds is 6. The van der Waals surface area contributed by atoms with Crippen molar-refractivity contribution in [3.8, 4) is 5.69 Å². The molecule has 0 aliphatic heterocycles. The number of amides is 1. The largest absolute Gasteiger partial charge is 0.465 e. The third-order valence-electron chi connectivity index (χ3n) is 4.36. The fourth-order valence-electron chi connectivity index (χ4n) is 3.07. The molecule has 1 N–H and O–H groups in total. The molecule has 0 atom stereocenters. The minimum Gasteiger partial charge on any atom is -0.465 e. The molecule has 0 saturated heterocycles. The van der Waals surface area contributed by atoms with Crippen molar-refractivity contribution in [1.29, 1.82) is 0 Å². The third kappa shape index (κ3) is 5.08. The van der Waals surface area contributed by atoms with Gasteiger partial charge in [-0.3, -0.25) is 9.69 Å². The maximum Gasteiger partial charge on any atom is 0.411 e. The molecule has 0 aliphatic rings. The maximum absolute atomic E-state index is 13.5. The zero-order valence-electron chi connectivity index (χ0n) is 16.5. The van der Waals surface area contributed by atoms with Crippen molar-refractivity contribution in [3.05, 3.63) is 87.8 Å². The summed E-state index contributed by atoms with van der Waals surface area (Å²) in [6.07, 6.45) is 0.417. The first-order valence-electron chi connectivity index (χ1n) is 9.37. The average molecular weight is 413 g/mol. The van der Waals surface area contributed by atoms with E-state index in [1.54, 1.807) is 24.3 Å². The Hall–Kier alpha value is -3.55. The minimum absolute atomic E-state index is 0.138. The van der Waals surface area contributed by atoms with E-state index in [0.717, 1.165) is 18.2 Å². The van der Waals surface area contributed by atoms with E-state index in [4.69, 9.17) is 0 Å². The maximum atomic E-state index is 13.5. The van der Waals surface area contributed by atoms with E-state index in [9.17, 15) is 23.5 Å². The van der Waals surface area contributed by atoms with Crippen LogP contribution in [0.4, 0.5) is 19.3 Å². The summed E-state index contributed by atoms with van der Waals surface area (Å²) in [4.78, 5) is 25.2. The molecule has 0 radical (unpaired) electrons. The molecule has 0 aliphatic carbocycles. The molecule has 30 heavy (non-hydrogen) atoms. The van der Waals surface area contributed by atoms with Gasteiger partial charge in [-0.25, -0.2) is 18.3 Å². The summed E-state index contributed by atoms with van der Waals surface area (Å²) in [7, 11) is 0. The molecule has 0 fully saturated rings. The first-order valence-corrected chi connectivity index (χ1v) is 9.37. The van der Waals surface area contributed by atoms with Crippen LogP contribution in [0.1, 0.15) is 25.1 Å². The van der Waals surface area contributed by atoms with Crippen LogP contribution >= 0.6 is 0 Å². The van der Waals surface area contributed by atoms with E-state index in [2.05, 4.69) is 5.10 Å². The van der Waals surface area contributed by atoms with Gasteiger partial charge in [-0.15, -0.1) is 0 Å². The van der Waals surface area contributed by atoms with Gasteiger partial charge in [0.25, 0.3) is 0 Å². The van der Waals surface area contributed by atoms with E-state index in [0.29, 0.717) is 17.8 Å². The molecule has 0 saturated carbocycles. The smallest absolute Gasteiger partial charge is 0.411 e. The monoisotopic (exact) mass is 413 g/mol. The van der Waals surface area contributed by atoms with Crippen LogP contribution in [-0.2, 0) is 6.42 Å². The zero-order chi connectivity index (χ0) is 21.8. The lowest BCUT2D eigenvalue weighted by molar-refractivity contribution is 0.201. The van der Waals surface area contributed by atoms with Crippen LogP contribution in [0, 0.1) is 17.6 Å². The molecule has 3 rings (SSSR count). The van der Waals surface area contributed by atoms with Gasteiger partial charge in [-0.1, -0.05) is 26.0 Å². The van der Waals surface area contributed by atoms with Crippen molar-refractivity contribution in [2.75, 3.05) is 11.4 Å². The molecule has 1 heterocycles. The number of hydrogen-bond acceptors (Lipinski definition) is 3. The van der Waals surface area contributed by atoms with Gasteiger partial charge in [0.05, 0.1) is 5.69 Å². The van der Waals surface area contributed by atoms with Gasteiger partial charge >= 0.3 is 6.09 Å². The van der Waals surface area contributed by atoms with Crippen LogP contribution in [0.3, 0.4) is 0 Å². The predicted molar refractivity (Wildman–Crippen MR) is 109 cm³/mol. The van der Waals surface area contributed by atoms with Gasteiger partial charge in [0.15, 0.2) is 0 Å². The molecule has 1 aromatic heterocycles. The Labute approximate surface area is 172 Å². The Morgan fingerprint density at radius 1 is 1.13 bits per heavy atom. The number of nitrogens with zero attached hydrogens (tertiary/aromatic N) is 3. The van der Waals surface area contributed by atoms with Crippen LogP contribution in [0.15, 0.2) is 59.5 Å². The topological polar surface area (TPSA) is 75.4 Å². The van der Waals surface area contributed by atoms with Gasteiger partial charge in [0, 0.05) is 37.0 Å². The second-order valence-electron chi connectivity index (χ2n) is 7.33. The molecule has 3 aromatic rings. The summed E-state index contributed by atoms with van der Waals surface area (Å²) in [6.45, 7) is 4.18. The molecule has 8 heteroatoms. The second kappa shape index (κ2) is 8.86. The summed E-state index contributed by atoms with van der Waals surface area (Å²) < 4.78 is 28.3. The van der Waals surface area contributed by atoms with Crippen molar-refractivity contribution < 1.29 is 18.7 Å². The molecule has 2 aromatic carbocycles. The van der Waals surface area contributed by atoms with Gasteiger partial charge in [-0.2, -0.15) is 5.10 Å². The van der Waals surface area contributed by atoms with E-state index >= 15 is 0 Å². The molecule has 6 nitrogen and oxygen atoms in total. The zero-order valence-corrected chi connectivity index (χ0v) is 16.5. The summed E-state index contributed by atoms with van der Waals surface area (Å²) in [5, 5.41) is 13.7. The summed E-state index contributed by atoms with van der Waals surface area (Å²) in [5.74, 6) is -1.36. The highest BCUT2D eigenvalue weighted by molar-refractivity contribution is 5.86. The first kappa shape index (κ1) is 21.2. The van der Waals surface area contributed by atoms with Gasteiger partial charge in [0.1, 0.15) is 17.3 Å². The Morgan fingerprint density at radius 2 is 1.83 bits per heavy atom. The first-order chi connectivity index (χ1) is 14.2. The fourth-order valence-corrected chi connectivity index (χ4v) is 3.07. The van der Waals surface area contributed by atoms with Crippen molar-refractivity contribution in [1.82, 2.24) is 9.78 Å². The van der Waals surface area contributed by atoms with Crippen molar-refractivity contribution in [3.63, 3.8) is 0 Å². The number of carboxylic acid groups (broad SMARTS) is 1. The Balaban J connectivity index is 1.93. The van der Waals surface area contributed by atoms with Crippen molar-refractivity contribution in [2.45, 2.75) is 20.3 Å². The van der Waals surface area contributed by atoms with Crippen LogP contribution in [0.5, 0.6) is 0 Å². The molecular weight excluding hydrogens is 392 g/mol. The Bertz CT molecular complexity index is 1110. The fraction of sp³-hybridized carbons (Fsp3) is 0.227. The number of benzene rings is 2. The van der Waals surface area contributed by atoms with Crippen LogP contribution in [-0.4, -0.2) is 27.5 Å². The van der Waals surface area contributed by atoms with Gasteiger partial charge in [0.2, 0.25) is 5.43 Å². The summed E-state index contributed by atoms with van der Waals surface area (Å²) >= 11 is 0. The molecule has 0 spiro atoms. The lowest BCUT2D eigenvalue weighted by Gasteiger charge is -2.22. The van der Waals surface area contributed by atoms with E-state index < -0.39 is 17.7 Å². The van der Waals surface area contributed by atoms with Crippen molar-refractivity contribution >= 4 is 11.8 Å². The van der Waals surface area contributed by atoms with Gasteiger partial charge < -0.3 is 5.11 Å². The van der Waals surface area contributed by atoms with E-state index in [-0.39, 0.29) is 29.1 Å². The number of halogens is 2. The lowest BCUT2D eigenvalue weighted by atomic mass is 10.1.